The molecule has 2 fully saturated rings. The Kier molecular flexibility index (Phi) is 23.8. The van der Waals surface area contributed by atoms with Gasteiger partial charge in [-0.05, 0) is 114 Å². The molecule has 2 saturated carbocycles. The molecule has 2 aliphatic rings. The Morgan fingerprint density at radius 3 is 1.18 bits per heavy atom. The van der Waals surface area contributed by atoms with Gasteiger partial charge < -0.3 is 18.3 Å². The third kappa shape index (κ3) is 21.0. The zero-order chi connectivity index (χ0) is 33.9. The van der Waals surface area contributed by atoms with Gasteiger partial charge in [-0.2, -0.15) is 0 Å². The van der Waals surface area contributed by atoms with E-state index in [0.717, 1.165) is 38.9 Å². The van der Waals surface area contributed by atoms with Crippen molar-refractivity contribution in [2.75, 3.05) is 39.6 Å². The number of halogens is 2. The third-order valence-electron chi connectivity index (χ3n) is 8.84. The van der Waals surface area contributed by atoms with Crippen molar-refractivity contribution in [3.63, 3.8) is 0 Å². The summed E-state index contributed by atoms with van der Waals surface area (Å²) in [6.45, 7) is 27.2. The normalized spacial score (nSPS) is 26.9. The molecule has 2 rings (SSSR count). The van der Waals surface area contributed by atoms with Crippen molar-refractivity contribution in [3.05, 3.63) is 0 Å². The Morgan fingerprint density at radius 2 is 0.889 bits per heavy atom. The van der Waals surface area contributed by atoms with E-state index in [1.54, 1.807) is 0 Å². The van der Waals surface area contributed by atoms with Crippen LogP contribution < -0.4 is 0 Å². The fourth-order valence-electron chi connectivity index (χ4n) is 6.46. The predicted molar refractivity (Wildman–Crippen MR) is 203 cm³/mol. The summed E-state index contributed by atoms with van der Waals surface area (Å²) in [5.41, 5.74) is 2.49. The molecule has 4 unspecified atom stereocenters. The van der Waals surface area contributed by atoms with Crippen molar-refractivity contribution in [2.24, 2.45) is 33.7 Å². The number of hydrogen-bond acceptors (Lipinski definition) is 6. The maximum atomic E-state index is 6.01. The first-order valence-corrected chi connectivity index (χ1v) is 29.3. The van der Waals surface area contributed by atoms with Gasteiger partial charge in [0.2, 0.25) is 0 Å². The Hall–Kier alpha value is 1.07. The fraction of sp³-hybridized carbons (Fsp3) is 0.941. The van der Waals surface area contributed by atoms with Crippen LogP contribution in [0.4, 0.5) is 0 Å². The first-order chi connectivity index (χ1) is 21.2. The van der Waals surface area contributed by atoms with Crippen LogP contribution in [0.3, 0.4) is 0 Å². The van der Waals surface area contributed by atoms with Gasteiger partial charge in [-0.15, -0.1) is 0 Å². The number of ether oxygens (including phenoxy) is 2. The summed E-state index contributed by atoms with van der Waals surface area (Å²) in [6.07, 6.45) is 11.6. The van der Waals surface area contributed by atoms with Gasteiger partial charge in [0.15, 0.2) is 16.6 Å². The number of rotatable bonds is 19. The molecule has 0 heterocycles. The minimum atomic E-state index is -1.49. The second-order valence-electron chi connectivity index (χ2n) is 15.3. The predicted octanol–water partition coefficient (Wildman–Crippen LogP) is 10.5. The molecule has 0 aromatic carbocycles. The average Bonchev–Trinajstić information content (AvgIpc) is 2.93. The van der Waals surface area contributed by atoms with E-state index >= 15 is 0 Å². The number of nitrogens with zero attached hydrogens (tertiary/aromatic N) is 2. The Morgan fingerprint density at radius 1 is 0.578 bits per heavy atom. The zero-order valence-electron chi connectivity index (χ0n) is 30.4. The first kappa shape index (κ1) is 44.1. The molecule has 2 aliphatic carbocycles. The zero-order valence-corrected chi connectivity index (χ0v) is 36.5. The average molecular weight is 844 g/mol. The molecule has 6 nitrogen and oxygen atoms in total. The molecule has 0 radical (unpaired) electrons. The summed E-state index contributed by atoms with van der Waals surface area (Å²) in [4.78, 5) is 11.2. The van der Waals surface area contributed by atoms with Crippen molar-refractivity contribution in [1.82, 2.24) is 0 Å². The third-order valence-corrected chi connectivity index (χ3v) is 11.0. The van der Waals surface area contributed by atoms with E-state index in [4.69, 9.17) is 28.3 Å². The van der Waals surface area contributed by atoms with Crippen LogP contribution in [-0.2, 0) is 29.2 Å². The van der Waals surface area contributed by atoms with Crippen LogP contribution in [0.25, 0.3) is 0 Å². The van der Waals surface area contributed by atoms with Crippen LogP contribution >= 0.6 is 28.5 Å². The second kappa shape index (κ2) is 24.3. The van der Waals surface area contributed by atoms with Crippen LogP contribution in [0.5, 0.6) is 0 Å². The molecule has 0 saturated heterocycles. The molecule has 4 atom stereocenters. The van der Waals surface area contributed by atoms with Crippen LogP contribution in [0.1, 0.15) is 91.9 Å². The molecule has 270 valence electrons. The van der Waals surface area contributed by atoms with E-state index in [9.17, 15) is 0 Å². The summed E-state index contributed by atoms with van der Waals surface area (Å²) in [7, 11) is -1.73. The Balaban J connectivity index is 0.00000324. The molecule has 0 N–H and O–H groups in total. The molecule has 0 bridgehead atoms. The molecule has 0 aromatic heterocycles. The van der Waals surface area contributed by atoms with Crippen LogP contribution in [0.15, 0.2) is 9.98 Å². The van der Waals surface area contributed by atoms with Gasteiger partial charge in [0, 0.05) is 13.2 Å². The Labute approximate surface area is 300 Å². The molecular weight excluding hydrogens is 775 g/mol. The van der Waals surface area contributed by atoms with E-state index < -0.39 is 16.6 Å². The van der Waals surface area contributed by atoms with Crippen LogP contribution in [0.2, 0.25) is 39.3 Å². The summed E-state index contributed by atoms with van der Waals surface area (Å²) in [5, 5.41) is 0. The van der Waals surface area contributed by atoms with E-state index in [-0.39, 0.29) is 0 Å². The topological polar surface area (TPSA) is 61.6 Å². The van der Waals surface area contributed by atoms with Crippen molar-refractivity contribution >= 4 is 56.5 Å². The minimum absolute atomic E-state index is 0.390. The quantitative estimate of drug-likeness (QED) is 0.0738. The molecule has 11 heteroatoms. The van der Waals surface area contributed by atoms with Gasteiger partial charge in [-0.3, -0.25) is 9.98 Å². The van der Waals surface area contributed by atoms with Crippen molar-refractivity contribution < 1.29 is 29.2 Å². The Bertz CT molecular complexity index is 756. The summed E-state index contributed by atoms with van der Waals surface area (Å²) >= 11 is 6.00. The van der Waals surface area contributed by atoms with Crippen LogP contribution in [-0.4, -0.2) is 79.8 Å². The van der Waals surface area contributed by atoms with Gasteiger partial charge in [-0.1, -0.05) is 40.5 Å². The number of aliphatic imine (C=N–C) groups is 2. The monoisotopic (exact) mass is 840 g/mol. The van der Waals surface area contributed by atoms with Crippen LogP contribution in [0, 0.1) is 23.7 Å². The van der Waals surface area contributed by atoms with Crippen molar-refractivity contribution in [1.29, 1.82) is 0 Å². The molecule has 0 amide bonds. The van der Waals surface area contributed by atoms with Gasteiger partial charge in [-0.25, -0.2) is 0 Å². The molecule has 0 spiro atoms. The van der Waals surface area contributed by atoms with E-state index in [0.29, 0.717) is 62.2 Å². The summed E-state index contributed by atoms with van der Waals surface area (Å²) < 4.78 is 24.0. The van der Waals surface area contributed by atoms with Crippen molar-refractivity contribution in [2.45, 2.75) is 143 Å². The van der Waals surface area contributed by atoms with E-state index in [2.05, 4.69) is 95.4 Å². The molecule has 0 aliphatic heterocycles. The number of hydrogen-bond donors (Lipinski definition) is 0. The van der Waals surface area contributed by atoms with Gasteiger partial charge in [0.05, 0.1) is 49.9 Å². The SMILES string of the molecule is CC1CCCC(C)C1N=C(CCCOCCO[Si](C)(C)C)C(CCCOCCO[Si](C)(C)C)=NC1C(C)CCCC1C.[Br][Ni][Br]. The van der Waals surface area contributed by atoms with Gasteiger partial charge in [0.1, 0.15) is 0 Å². The van der Waals surface area contributed by atoms with Crippen molar-refractivity contribution in [3.8, 4) is 0 Å². The second-order valence-corrected chi connectivity index (χ2v) is 29.3. The molecular formula is C34H68Br2N2NiO4Si2. The molecule has 45 heavy (non-hydrogen) atoms. The standard InChI is InChI=1S/C34H68N2O4Si2.2BrH.Ni/c1-27-15-11-16-28(2)33(27)35-31(19-13-21-37-23-25-39-41(5,6)7)32(36-34-29(3)17-12-18-30(34)4)20-14-22-38-24-26-40-42(8,9)10;;;/h27-30,33-34H,11-26H2,1-10H3;2*1H;/q;;;+2/p-2. The summed E-state index contributed by atoms with van der Waals surface area (Å²) in [5.74, 6) is 2.51. The van der Waals surface area contributed by atoms with Gasteiger partial charge >= 0.3 is 39.3 Å². The molecule has 0 aromatic rings. The summed E-state index contributed by atoms with van der Waals surface area (Å²) in [6, 6.07) is 0.780. The first-order valence-electron chi connectivity index (χ1n) is 17.6. The fourth-order valence-corrected chi connectivity index (χ4v) is 7.86. The van der Waals surface area contributed by atoms with E-state index in [1.807, 2.05) is 0 Å². The van der Waals surface area contributed by atoms with Gasteiger partial charge in [0.25, 0.3) is 0 Å². The van der Waals surface area contributed by atoms with E-state index in [1.165, 1.54) is 60.8 Å². The maximum absolute atomic E-state index is 6.01.